The highest BCUT2D eigenvalue weighted by Gasteiger charge is 2.17. The summed E-state index contributed by atoms with van der Waals surface area (Å²) in [6.07, 6.45) is 0. The van der Waals surface area contributed by atoms with Crippen LogP contribution in [0.15, 0.2) is 158 Å². The fraction of sp³-hybridized carbons (Fsp3) is 0. The van der Waals surface area contributed by atoms with Gasteiger partial charge in [-0.1, -0.05) is 91.0 Å². The third kappa shape index (κ3) is 4.14. The minimum atomic E-state index is 0.607. The van der Waals surface area contributed by atoms with E-state index < -0.39 is 0 Å². The molecule has 0 bridgehead atoms. The Morgan fingerprint density at radius 1 is 0.417 bits per heavy atom. The largest absolute Gasteiger partial charge is 0.309 e. The lowest BCUT2D eigenvalue weighted by molar-refractivity contribution is 1.18. The van der Waals surface area contributed by atoms with Gasteiger partial charge in [-0.05, 0) is 83.4 Å². The fourth-order valence-electron chi connectivity index (χ4n) is 7.30. The molecule has 222 valence electrons. The van der Waals surface area contributed by atoms with Crippen LogP contribution >= 0.6 is 0 Å². The van der Waals surface area contributed by atoms with Crippen molar-refractivity contribution < 1.29 is 0 Å². The molecule has 9 rings (SSSR count). The summed E-state index contributed by atoms with van der Waals surface area (Å²) < 4.78 is 4.55. The number of hydrogen-bond acceptors (Lipinski definition) is 2. The van der Waals surface area contributed by atoms with E-state index in [1.807, 2.05) is 36.4 Å². The Hall–Kier alpha value is -6.88. The average molecular weight is 611 g/mol. The maximum absolute atomic E-state index is 10.1. The molecule has 0 radical (unpaired) electrons. The van der Waals surface area contributed by atoms with Gasteiger partial charge < -0.3 is 9.13 Å². The van der Waals surface area contributed by atoms with Gasteiger partial charge in [0.1, 0.15) is 0 Å². The van der Waals surface area contributed by atoms with Crippen molar-refractivity contribution in [1.82, 2.24) is 9.13 Å². The van der Waals surface area contributed by atoms with Crippen LogP contribution in [0.5, 0.6) is 0 Å². The predicted molar refractivity (Wildman–Crippen MR) is 195 cm³/mol. The van der Waals surface area contributed by atoms with Crippen molar-refractivity contribution in [2.45, 2.75) is 0 Å². The van der Waals surface area contributed by atoms with Gasteiger partial charge in [-0.2, -0.15) is 10.5 Å². The third-order valence-electron chi connectivity index (χ3n) is 9.38. The zero-order valence-electron chi connectivity index (χ0n) is 25.8. The molecule has 0 amide bonds. The van der Waals surface area contributed by atoms with Gasteiger partial charge in [-0.3, -0.25) is 0 Å². The number of benzene rings is 7. The van der Waals surface area contributed by atoms with Gasteiger partial charge in [-0.15, -0.1) is 0 Å². The van der Waals surface area contributed by atoms with E-state index >= 15 is 0 Å². The molecule has 0 N–H and O–H groups in total. The number of para-hydroxylation sites is 4. The second kappa shape index (κ2) is 10.9. The van der Waals surface area contributed by atoms with Crippen LogP contribution in [0.2, 0.25) is 0 Å². The van der Waals surface area contributed by atoms with Crippen molar-refractivity contribution in [3.05, 3.63) is 169 Å². The lowest BCUT2D eigenvalue weighted by atomic mass is 9.95. The number of nitrogens with zero attached hydrogens (tertiary/aromatic N) is 4. The van der Waals surface area contributed by atoms with E-state index in [2.05, 4.69) is 143 Å². The monoisotopic (exact) mass is 610 g/mol. The molecule has 0 saturated carbocycles. The van der Waals surface area contributed by atoms with Gasteiger partial charge >= 0.3 is 0 Å². The number of rotatable bonds is 4. The van der Waals surface area contributed by atoms with E-state index in [-0.39, 0.29) is 0 Å². The third-order valence-corrected chi connectivity index (χ3v) is 9.38. The highest BCUT2D eigenvalue weighted by molar-refractivity contribution is 6.12. The molecule has 48 heavy (non-hydrogen) atoms. The van der Waals surface area contributed by atoms with Crippen LogP contribution in [-0.2, 0) is 0 Å². The Balaban J connectivity index is 1.19. The van der Waals surface area contributed by atoms with Crippen LogP contribution in [0.3, 0.4) is 0 Å². The minimum absolute atomic E-state index is 0.607. The molecule has 0 aliphatic carbocycles. The highest BCUT2D eigenvalue weighted by atomic mass is 15.0. The Morgan fingerprint density at radius 2 is 1.00 bits per heavy atom. The summed E-state index contributed by atoms with van der Waals surface area (Å²) >= 11 is 0. The van der Waals surface area contributed by atoms with Crippen LogP contribution in [-0.4, -0.2) is 9.13 Å². The van der Waals surface area contributed by atoms with Crippen molar-refractivity contribution in [1.29, 1.82) is 10.5 Å². The lowest BCUT2D eigenvalue weighted by Gasteiger charge is -2.15. The molecule has 0 fully saturated rings. The summed E-state index contributed by atoms with van der Waals surface area (Å²) in [7, 11) is 0. The topological polar surface area (TPSA) is 57.4 Å². The maximum Gasteiger partial charge on any atom is 0.0998 e. The van der Waals surface area contributed by atoms with Crippen LogP contribution in [0.4, 0.5) is 0 Å². The molecule has 2 heterocycles. The van der Waals surface area contributed by atoms with Gasteiger partial charge in [-0.25, -0.2) is 0 Å². The van der Waals surface area contributed by atoms with E-state index in [1.165, 1.54) is 10.8 Å². The van der Waals surface area contributed by atoms with Gasteiger partial charge in [0.05, 0.1) is 51.0 Å². The van der Waals surface area contributed by atoms with Gasteiger partial charge in [0.2, 0.25) is 0 Å². The van der Waals surface area contributed by atoms with E-state index in [1.54, 1.807) is 0 Å². The van der Waals surface area contributed by atoms with E-state index in [0.717, 1.165) is 66.5 Å². The molecule has 9 aromatic rings. The quantitative estimate of drug-likeness (QED) is 0.199. The standard InChI is InChI=1S/C44H26N4/c45-27-29-24-32(30-20-22-34(23-21-30)47-42-18-8-4-14-38(42)44-31(28-46)10-9-19-43(44)47)26-33(25-29)35-11-1-5-15-39(35)48-40-16-6-2-12-36(40)37-13-3-7-17-41(37)48/h1-26H. The first-order valence-electron chi connectivity index (χ1n) is 15.9. The molecular weight excluding hydrogens is 585 g/mol. The summed E-state index contributed by atoms with van der Waals surface area (Å²) in [5, 5.41) is 24.5. The molecule has 0 unspecified atom stereocenters. The van der Waals surface area contributed by atoms with Crippen LogP contribution in [0, 0.1) is 22.7 Å². The zero-order chi connectivity index (χ0) is 32.2. The molecule has 0 aliphatic heterocycles. The van der Waals surface area contributed by atoms with Crippen molar-refractivity contribution in [2.24, 2.45) is 0 Å². The zero-order valence-corrected chi connectivity index (χ0v) is 25.8. The molecule has 0 aliphatic rings. The summed E-state index contributed by atoms with van der Waals surface area (Å²) in [6.45, 7) is 0. The average Bonchev–Trinajstić information content (AvgIpc) is 3.68. The molecule has 0 spiro atoms. The second-order valence-corrected chi connectivity index (χ2v) is 12.0. The van der Waals surface area contributed by atoms with Crippen LogP contribution in [0.1, 0.15) is 11.1 Å². The molecule has 0 saturated heterocycles. The minimum Gasteiger partial charge on any atom is -0.309 e. The number of fused-ring (bicyclic) bond motifs is 6. The Kier molecular flexibility index (Phi) is 6.22. The predicted octanol–water partition coefficient (Wildman–Crippen LogP) is 11.0. The first-order chi connectivity index (χ1) is 23.7. The van der Waals surface area contributed by atoms with Crippen LogP contribution < -0.4 is 0 Å². The number of hydrogen-bond donors (Lipinski definition) is 0. The smallest absolute Gasteiger partial charge is 0.0998 e. The SMILES string of the molecule is N#Cc1cc(-c2ccc(-n3c4ccccc4c4c(C#N)cccc43)cc2)cc(-c2ccccc2-n2c3ccccc3c3ccccc32)c1. The Labute approximate surface area is 277 Å². The number of nitriles is 2. The van der Waals surface area contributed by atoms with Crippen LogP contribution in [0.25, 0.3) is 77.2 Å². The molecule has 0 atom stereocenters. The van der Waals surface area contributed by atoms with E-state index in [0.29, 0.717) is 11.1 Å². The maximum atomic E-state index is 10.1. The normalized spacial score (nSPS) is 11.3. The van der Waals surface area contributed by atoms with Crippen molar-refractivity contribution >= 4 is 43.6 Å². The fourth-order valence-corrected chi connectivity index (χ4v) is 7.30. The van der Waals surface area contributed by atoms with Gasteiger partial charge in [0.15, 0.2) is 0 Å². The van der Waals surface area contributed by atoms with Crippen molar-refractivity contribution in [3.8, 4) is 45.8 Å². The number of aromatic nitrogens is 2. The molecular formula is C44H26N4. The summed E-state index contributed by atoms with van der Waals surface area (Å²) in [4.78, 5) is 0. The molecule has 2 aromatic heterocycles. The van der Waals surface area contributed by atoms with E-state index in [9.17, 15) is 10.5 Å². The highest BCUT2D eigenvalue weighted by Crippen LogP contribution is 2.38. The Morgan fingerprint density at radius 3 is 1.69 bits per heavy atom. The first kappa shape index (κ1) is 27.4. The lowest BCUT2D eigenvalue weighted by Crippen LogP contribution is -1.97. The van der Waals surface area contributed by atoms with Gasteiger partial charge in [0, 0.05) is 32.8 Å². The summed E-state index contributed by atoms with van der Waals surface area (Å²) in [5.41, 5.74) is 11.7. The summed E-state index contributed by atoms with van der Waals surface area (Å²) in [5.74, 6) is 0. The first-order valence-corrected chi connectivity index (χ1v) is 15.9. The molecule has 7 aromatic carbocycles. The van der Waals surface area contributed by atoms with Gasteiger partial charge in [0.25, 0.3) is 0 Å². The molecule has 4 heteroatoms. The van der Waals surface area contributed by atoms with E-state index in [4.69, 9.17) is 0 Å². The Bertz CT molecular complexity index is 2750. The molecule has 4 nitrogen and oxygen atoms in total. The second-order valence-electron chi connectivity index (χ2n) is 12.0. The summed E-state index contributed by atoms with van der Waals surface area (Å²) in [6, 6.07) is 58.9. The van der Waals surface area contributed by atoms with Crippen molar-refractivity contribution in [2.75, 3.05) is 0 Å². The van der Waals surface area contributed by atoms with Crippen molar-refractivity contribution in [3.63, 3.8) is 0 Å².